The van der Waals surface area contributed by atoms with Crippen molar-refractivity contribution < 1.29 is 5.11 Å². The second kappa shape index (κ2) is 4.09. The highest BCUT2D eigenvalue weighted by Crippen LogP contribution is 2.25. The van der Waals surface area contributed by atoms with E-state index in [2.05, 4.69) is 32.3 Å². The monoisotopic (exact) mass is 261 g/mol. The molecule has 1 aromatic rings. The maximum absolute atomic E-state index is 9.35. The van der Waals surface area contributed by atoms with Gasteiger partial charge in [0, 0.05) is 29.0 Å². The molecule has 1 fully saturated rings. The Hall–Kier alpha value is 0.100. The standard InChI is InChI=1S/C9H12BrNOS/c10-8-2-4-13-9(8)6-11-3-1-7(12)5-11/h2,4,7,12H,1,3,5-6H2/t7-/m1/s1. The number of aliphatic hydroxyl groups is 1. The SMILES string of the molecule is O[C@@H]1CCN(Cc2sccc2Br)C1. The predicted molar refractivity (Wildman–Crippen MR) is 57.9 cm³/mol. The summed E-state index contributed by atoms with van der Waals surface area (Å²) in [4.78, 5) is 3.65. The van der Waals surface area contributed by atoms with E-state index in [0.717, 1.165) is 26.1 Å². The first-order valence-corrected chi connectivity index (χ1v) is 6.05. The highest BCUT2D eigenvalue weighted by molar-refractivity contribution is 9.10. The van der Waals surface area contributed by atoms with Crippen LogP contribution < -0.4 is 0 Å². The van der Waals surface area contributed by atoms with Crippen molar-refractivity contribution in [1.29, 1.82) is 0 Å². The largest absolute Gasteiger partial charge is 0.392 e. The third kappa shape index (κ3) is 2.31. The van der Waals surface area contributed by atoms with Gasteiger partial charge in [0.2, 0.25) is 0 Å². The van der Waals surface area contributed by atoms with Gasteiger partial charge in [-0.3, -0.25) is 4.90 Å². The molecule has 1 saturated heterocycles. The molecule has 1 aromatic heterocycles. The van der Waals surface area contributed by atoms with Crippen LogP contribution in [0.1, 0.15) is 11.3 Å². The average molecular weight is 262 g/mol. The van der Waals surface area contributed by atoms with Crippen LogP contribution in [-0.4, -0.2) is 29.2 Å². The molecule has 1 atom stereocenters. The molecule has 2 heterocycles. The van der Waals surface area contributed by atoms with E-state index in [1.165, 1.54) is 9.35 Å². The van der Waals surface area contributed by atoms with Crippen molar-refractivity contribution in [2.45, 2.75) is 19.1 Å². The molecule has 0 unspecified atom stereocenters. The highest BCUT2D eigenvalue weighted by atomic mass is 79.9. The number of β-amino-alcohol motifs (C(OH)–C–C–N with tert-alkyl or cyclic N) is 1. The fourth-order valence-electron chi connectivity index (χ4n) is 1.60. The summed E-state index contributed by atoms with van der Waals surface area (Å²) in [6, 6.07) is 2.08. The third-order valence-corrected chi connectivity index (χ3v) is 4.22. The molecule has 0 spiro atoms. The summed E-state index contributed by atoms with van der Waals surface area (Å²) in [5.74, 6) is 0. The molecule has 0 bridgehead atoms. The Morgan fingerprint density at radius 2 is 2.54 bits per heavy atom. The van der Waals surface area contributed by atoms with E-state index in [1.54, 1.807) is 11.3 Å². The molecule has 0 amide bonds. The molecular formula is C9H12BrNOS. The molecule has 2 nitrogen and oxygen atoms in total. The lowest BCUT2D eigenvalue weighted by Crippen LogP contribution is -2.21. The van der Waals surface area contributed by atoms with Gasteiger partial charge < -0.3 is 5.11 Å². The van der Waals surface area contributed by atoms with Crippen molar-refractivity contribution in [2.24, 2.45) is 0 Å². The van der Waals surface area contributed by atoms with Crippen molar-refractivity contribution in [2.75, 3.05) is 13.1 Å². The van der Waals surface area contributed by atoms with Gasteiger partial charge in [-0.15, -0.1) is 11.3 Å². The molecule has 72 valence electrons. The van der Waals surface area contributed by atoms with Crippen LogP contribution in [0.5, 0.6) is 0 Å². The Labute approximate surface area is 90.3 Å². The number of nitrogens with zero attached hydrogens (tertiary/aromatic N) is 1. The summed E-state index contributed by atoms with van der Waals surface area (Å²) in [6.07, 6.45) is 0.807. The smallest absolute Gasteiger partial charge is 0.0679 e. The summed E-state index contributed by atoms with van der Waals surface area (Å²) in [6.45, 7) is 2.81. The normalized spacial score (nSPS) is 24.0. The van der Waals surface area contributed by atoms with Crippen LogP contribution in [0.25, 0.3) is 0 Å². The minimum atomic E-state index is -0.112. The molecule has 13 heavy (non-hydrogen) atoms. The average Bonchev–Trinajstić information content (AvgIpc) is 2.64. The number of thiophene rings is 1. The number of likely N-dealkylation sites (tertiary alicyclic amines) is 1. The minimum absolute atomic E-state index is 0.112. The lowest BCUT2D eigenvalue weighted by atomic mass is 10.3. The summed E-state index contributed by atoms with van der Waals surface area (Å²) in [7, 11) is 0. The molecule has 1 aliphatic rings. The maximum Gasteiger partial charge on any atom is 0.0679 e. The van der Waals surface area contributed by atoms with E-state index in [-0.39, 0.29) is 6.10 Å². The van der Waals surface area contributed by atoms with E-state index >= 15 is 0 Å². The lowest BCUT2D eigenvalue weighted by Gasteiger charge is -2.13. The maximum atomic E-state index is 9.35. The fraction of sp³-hybridized carbons (Fsp3) is 0.556. The first-order valence-electron chi connectivity index (χ1n) is 4.38. The van der Waals surface area contributed by atoms with Crippen LogP contribution in [0.2, 0.25) is 0 Å². The van der Waals surface area contributed by atoms with E-state index in [4.69, 9.17) is 0 Å². The van der Waals surface area contributed by atoms with Crippen LogP contribution in [-0.2, 0) is 6.54 Å². The van der Waals surface area contributed by atoms with Crippen molar-refractivity contribution in [1.82, 2.24) is 4.90 Å². The summed E-state index contributed by atoms with van der Waals surface area (Å²) in [5.41, 5.74) is 0. The van der Waals surface area contributed by atoms with Crippen LogP contribution in [0.4, 0.5) is 0 Å². The molecular weight excluding hydrogens is 250 g/mol. The van der Waals surface area contributed by atoms with Crippen LogP contribution in [0.15, 0.2) is 15.9 Å². The van der Waals surface area contributed by atoms with Gasteiger partial charge in [-0.2, -0.15) is 0 Å². The van der Waals surface area contributed by atoms with Gasteiger partial charge >= 0.3 is 0 Å². The molecule has 4 heteroatoms. The van der Waals surface area contributed by atoms with Gasteiger partial charge in [-0.25, -0.2) is 0 Å². The van der Waals surface area contributed by atoms with Crippen LogP contribution in [0, 0.1) is 0 Å². The predicted octanol–water partition coefficient (Wildman–Crippen LogP) is 2.08. The summed E-state index contributed by atoms with van der Waals surface area (Å²) >= 11 is 5.28. The van der Waals surface area contributed by atoms with Crippen LogP contribution >= 0.6 is 27.3 Å². The van der Waals surface area contributed by atoms with E-state index < -0.39 is 0 Å². The van der Waals surface area contributed by atoms with Crippen molar-refractivity contribution in [3.8, 4) is 0 Å². The molecule has 1 N–H and O–H groups in total. The van der Waals surface area contributed by atoms with Crippen molar-refractivity contribution in [3.63, 3.8) is 0 Å². The van der Waals surface area contributed by atoms with Gasteiger partial charge in [0.05, 0.1) is 6.10 Å². The van der Waals surface area contributed by atoms with E-state index in [1.807, 2.05) is 0 Å². The van der Waals surface area contributed by atoms with Gasteiger partial charge in [0.25, 0.3) is 0 Å². The Balaban J connectivity index is 1.95. The lowest BCUT2D eigenvalue weighted by molar-refractivity contribution is 0.175. The number of rotatable bonds is 2. The van der Waals surface area contributed by atoms with E-state index in [0.29, 0.717) is 0 Å². The topological polar surface area (TPSA) is 23.5 Å². The van der Waals surface area contributed by atoms with Crippen molar-refractivity contribution >= 4 is 27.3 Å². The zero-order valence-corrected chi connectivity index (χ0v) is 9.64. The second-order valence-corrected chi connectivity index (χ2v) is 5.22. The number of hydrogen-bond acceptors (Lipinski definition) is 3. The second-order valence-electron chi connectivity index (χ2n) is 3.37. The fourth-order valence-corrected chi connectivity index (χ4v) is 3.12. The summed E-state index contributed by atoms with van der Waals surface area (Å²) in [5, 5.41) is 11.4. The summed E-state index contributed by atoms with van der Waals surface area (Å²) < 4.78 is 1.19. The van der Waals surface area contributed by atoms with Gasteiger partial charge in [0.15, 0.2) is 0 Å². The Kier molecular flexibility index (Phi) is 3.03. The highest BCUT2D eigenvalue weighted by Gasteiger charge is 2.20. The quantitative estimate of drug-likeness (QED) is 0.882. The van der Waals surface area contributed by atoms with Crippen molar-refractivity contribution in [3.05, 3.63) is 20.8 Å². The number of hydrogen-bond donors (Lipinski definition) is 1. The Morgan fingerprint density at radius 3 is 3.08 bits per heavy atom. The number of halogens is 1. The third-order valence-electron chi connectivity index (χ3n) is 2.31. The molecule has 0 aromatic carbocycles. The Morgan fingerprint density at radius 1 is 1.69 bits per heavy atom. The van der Waals surface area contributed by atoms with E-state index in [9.17, 15) is 5.11 Å². The molecule has 1 aliphatic heterocycles. The molecule has 0 radical (unpaired) electrons. The zero-order chi connectivity index (χ0) is 9.26. The minimum Gasteiger partial charge on any atom is -0.392 e. The molecule has 0 aliphatic carbocycles. The first kappa shape index (κ1) is 9.65. The zero-order valence-electron chi connectivity index (χ0n) is 7.24. The van der Waals surface area contributed by atoms with Gasteiger partial charge in [-0.05, 0) is 33.8 Å². The van der Waals surface area contributed by atoms with Crippen LogP contribution in [0.3, 0.4) is 0 Å². The van der Waals surface area contributed by atoms with Gasteiger partial charge in [-0.1, -0.05) is 0 Å². The first-order chi connectivity index (χ1) is 6.25. The van der Waals surface area contributed by atoms with Gasteiger partial charge in [0.1, 0.15) is 0 Å². The molecule has 2 rings (SSSR count). The molecule has 0 saturated carbocycles. The number of aliphatic hydroxyl groups excluding tert-OH is 1. The Bertz CT molecular complexity index is 289.